The van der Waals surface area contributed by atoms with Crippen LogP contribution in [-0.2, 0) is 25.9 Å². The van der Waals surface area contributed by atoms with E-state index in [9.17, 15) is 0 Å². The molecule has 10 heteroatoms. The second kappa shape index (κ2) is 13.0. The normalized spacial score (nSPS) is 15.2. The predicted octanol–water partition coefficient (Wildman–Crippen LogP) is 6.62. The molecule has 7 rings (SSSR count). The van der Waals surface area contributed by atoms with Crippen LogP contribution in [0.2, 0.25) is 5.02 Å². The number of benzene rings is 3. The Balaban J connectivity index is 1.00. The van der Waals surface area contributed by atoms with Crippen molar-refractivity contribution >= 4 is 34.7 Å². The lowest BCUT2D eigenvalue weighted by atomic mass is 10.0. The summed E-state index contributed by atoms with van der Waals surface area (Å²) >= 11 is 6.50. The van der Waals surface area contributed by atoms with E-state index >= 15 is 0 Å². The summed E-state index contributed by atoms with van der Waals surface area (Å²) in [4.78, 5) is 22.3. The second-order valence-electron chi connectivity index (χ2n) is 11.2. The van der Waals surface area contributed by atoms with E-state index in [2.05, 4.69) is 88.9 Å². The molecule has 4 heterocycles. The molecule has 0 amide bonds. The number of fused-ring (bicyclic) bond motifs is 6. The fraction of sp³-hybridized carbons (Fsp3) is 0.235. The minimum Gasteiger partial charge on any atom is -0.424 e. The van der Waals surface area contributed by atoms with Crippen LogP contribution in [0, 0.1) is 0 Å². The van der Waals surface area contributed by atoms with E-state index in [4.69, 9.17) is 16.3 Å². The SMILES string of the molecule is Clc1cnc2nc1Nc1cc(cc(CN3CCN(Cc4ccc(Oc5ncccn5)cc4)CC3)c1)CCc1cccc(c1)N2. The molecule has 0 saturated carbocycles. The van der Waals surface area contributed by atoms with Crippen LogP contribution < -0.4 is 15.4 Å². The van der Waals surface area contributed by atoms with Crippen molar-refractivity contribution in [2.45, 2.75) is 25.9 Å². The van der Waals surface area contributed by atoms with Gasteiger partial charge in [-0.15, -0.1) is 0 Å². The molecule has 0 radical (unpaired) electrons. The van der Waals surface area contributed by atoms with Gasteiger partial charge in [0.05, 0.1) is 6.20 Å². The number of piperazine rings is 1. The summed E-state index contributed by atoms with van der Waals surface area (Å²) in [6.45, 7) is 5.87. The van der Waals surface area contributed by atoms with E-state index in [-0.39, 0.29) is 0 Å². The van der Waals surface area contributed by atoms with E-state index in [1.54, 1.807) is 24.7 Å². The Morgan fingerprint density at radius 1 is 0.705 bits per heavy atom. The van der Waals surface area contributed by atoms with Crippen molar-refractivity contribution in [1.29, 1.82) is 0 Å². The zero-order valence-electron chi connectivity index (χ0n) is 24.3. The molecule has 2 N–H and O–H groups in total. The van der Waals surface area contributed by atoms with Crippen molar-refractivity contribution < 1.29 is 4.74 Å². The summed E-state index contributed by atoms with van der Waals surface area (Å²) in [6, 6.07) is 25.5. The number of aryl methyl sites for hydroxylation is 2. The molecule has 1 fully saturated rings. The molecule has 0 spiro atoms. The molecule has 0 atom stereocenters. The maximum Gasteiger partial charge on any atom is 0.321 e. The third-order valence-corrected chi connectivity index (χ3v) is 8.17. The van der Waals surface area contributed by atoms with Gasteiger partial charge in [0.1, 0.15) is 10.8 Å². The molecule has 1 saturated heterocycles. The monoisotopic (exact) mass is 604 g/mol. The molecule has 5 aromatic rings. The van der Waals surface area contributed by atoms with Gasteiger partial charge >= 0.3 is 6.01 Å². The van der Waals surface area contributed by atoms with Gasteiger partial charge in [-0.05, 0) is 77.6 Å². The third-order valence-electron chi connectivity index (χ3n) is 7.90. The van der Waals surface area contributed by atoms with Gasteiger partial charge in [-0.2, -0.15) is 4.98 Å². The predicted molar refractivity (Wildman–Crippen MR) is 173 cm³/mol. The zero-order valence-corrected chi connectivity index (χ0v) is 25.0. The van der Waals surface area contributed by atoms with Crippen molar-refractivity contribution in [3.8, 4) is 11.8 Å². The number of ether oxygens (including phenoxy) is 1. The summed E-state index contributed by atoms with van der Waals surface area (Å²) < 4.78 is 5.73. The van der Waals surface area contributed by atoms with Gasteiger partial charge in [0.2, 0.25) is 5.95 Å². The number of rotatable bonds is 6. The van der Waals surface area contributed by atoms with Crippen LogP contribution in [0.4, 0.5) is 23.1 Å². The van der Waals surface area contributed by atoms with Gasteiger partial charge < -0.3 is 15.4 Å². The second-order valence-corrected chi connectivity index (χ2v) is 11.6. The number of aromatic nitrogens is 4. The first-order valence-electron chi connectivity index (χ1n) is 14.9. The average Bonchev–Trinajstić information content (AvgIpc) is 3.04. The molecule has 44 heavy (non-hydrogen) atoms. The maximum atomic E-state index is 6.50. The Morgan fingerprint density at radius 3 is 2.23 bits per heavy atom. The minimum absolute atomic E-state index is 0.355. The fourth-order valence-corrected chi connectivity index (χ4v) is 5.81. The highest BCUT2D eigenvalue weighted by atomic mass is 35.5. The van der Waals surface area contributed by atoms with Crippen molar-refractivity contribution in [2.75, 3.05) is 36.8 Å². The highest BCUT2D eigenvalue weighted by Gasteiger charge is 2.18. The number of nitrogens with one attached hydrogen (secondary N) is 2. The number of nitrogens with zero attached hydrogens (tertiary/aromatic N) is 6. The zero-order chi connectivity index (χ0) is 29.7. The maximum absolute atomic E-state index is 6.50. The molecule has 2 aliphatic rings. The van der Waals surface area contributed by atoms with E-state index in [0.29, 0.717) is 22.8 Å². The summed E-state index contributed by atoms with van der Waals surface area (Å²) in [5.41, 5.74) is 7.05. The highest BCUT2D eigenvalue weighted by Crippen LogP contribution is 2.28. The molecule has 9 nitrogen and oxygen atoms in total. The van der Waals surface area contributed by atoms with Gasteiger partial charge in [-0.1, -0.05) is 41.9 Å². The number of hydrogen-bond donors (Lipinski definition) is 2. The fourth-order valence-electron chi connectivity index (χ4n) is 5.67. The first kappa shape index (κ1) is 28.2. The molecular formula is C34H33ClN8O. The van der Waals surface area contributed by atoms with Gasteiger partial charge in [-0.25, -0.2) is 15.0 Å². The van der Waals surface area contributed by atoms with E-state index < -0.39 is 0 Å². The Hall–Kier alpha value is -4.57. The van der Waals surface area contributed by atoms with Gasteiger partial charge in [-0.3, -0.25) is 9.80 Å². The molecule has 0 unspecified atom stereocenters. The Kier molecular flexibility index (Phi) is 8.32. The molecule has 2 aliphatic heterocycles. The van der Waals surface area contributed by atoms with E-state index in [1.807, 2.05) is 18.2 Å². The number of halogens is 1. The standard InChI is InChI=1S/C34H33ClN8O/c35-31-21-38-33-40-28-4-1-3-24(18-28)5-6-26-17-27(20-29(19-26)39-32(31)41-33)23-43-15-13-42(14-16-43)22-25-7-9-30(10-8-25)44-34-36-11-2-12-37-34/h1-4,7-12,17-21H,5-6,13-16,22-23H2,(H2,38,39,40,41). The Labute approximate surface area is 261 Å². The van der Waals surface area contributed by atoms with Gasteiger partial charge in [0.25, 0.3) is 0 Å². The van der Waals surface area contributed by atoms with Crippen LogP contribution in [-0.4, -0.2) is 55.9 Å². The first-order chi connectivity index (χ1) is 21.6. The summed E-state index contributed by atoms with van der Waals surface area (Å²) in [6.07, 6.45) is 6.87. The minimum atomic E-state index is 0.355. The molecular weight excluding hydrogens is 572 g/mol. The Morgan fingerprint density at radius 2 is 1.43 bits per heavy atom. The van der Waals surface area contributed by atoms with Crippen molar-refractivity contribution in [1.82, 2.24) is 29.7 Å². The topological polar surface area (TPSA) is 91.3 Å². The molecule has 3 aromatic carbocycles. The molecule has 6 bridgehead atoms. The van der Waals surface area contributed by atoms with Crippen LogP contribution in [0.5, 0.6) is 11.8 Å². The third kappa shape index (κ3) is 7.14. The van der Waals surface area contributed by atoms with Crippen LogP contribution in [0.15, 0.2) is 91.4 Å². The number of hydrogen-bond acceptors (Lipinski definition) is 9. The largest absolute Gasteiger partial charge is 0.424 e. The van der Waals surface area contributed by atoms with Crippen LogP contribution in [0.3, 0.4) is 0 Å². The lowest BCUT2D eigenvalue weighted by Gasteiger charge is -2.35. The van der Waals surface area contributed by atoms with E-state index in [1.165, 1.54) is 22.3 Å². The van der Waals surface area contributed by atoms with Crippen molar-refractivity contribution in [2.24, 2.45) is 0 Å². The van der Waals surface area contributed by atoms with Crippen LogP contribution >= 0.6 is 11.6 Å². The van der Waals surface area contributed by atoms with Gasteiger partial charge in [0, 0.05) is 63.0 Å². The summed E-state index contributed by atoms with van der Waals surface area (Å²) in [5.74, 6) is 1.83. The summed E-state index contributed by atoms with van der Waals surface area (Å²) in [7, 11) is 0. The molecule has 0 aliphatic carbocycles. The lowest BCUT2D eigenvalue weighted by molar-refractivity contribution is 0.122. The molecule has 222 valence electrons. The van der Waals surface area contributed by atoms with E-state index in [0.717, 1.165) is 69.2 Å². The van der Waals surface area contributed by atoms with Crippen molar-refractivity contribution in [3.05, 3.63) is 119 Å². The van der Waals surface area contributed by atoms with Crippen LogP contribution in [0.1, 0.15) is 22.3 Å². The van der Waals surface area contributed by atoms with Crippen molar-refractivity contribution in [3.63, 3.8) is 0 Å². The molecule has 2 aromatic heterocycles. The van der Waals surface area contributed by atoms with Gasteiger partial charge in [0.15, 0.2) is 5.82 Å². The average molecular weight is 605 g/mol. The summed E-state index contributed by atoms with van der Waals surface area (Å²) in [5, 5.41) is 7.25. The number of anilines is 4. The Bertz CT molecular complexity index is 1730. The lowest BCUT2D eigenvalue weighted by Crippen LogP contribution is -2.45. The quantitative estimate of drug-likeness (QED) is 0.222. The smallest absolute Gasteiger partial charge is 0.321 e. The van der Waals surface area contributed by atoms with Crippen LogP contribution in [0.25, 0.3) is 0 Å². The highest BCUT2D eigenvalue weighted by molar-refractivity contribution is 6.32. The first-order valence-corrected chi connectivity index (χ1v) is 15.3.